The maximum Gasteiger partial charge on any atom is 0.129 e. The molecule has 4 heteroatoms. The predicted octanol–water partition coefficient (Wildman–Crippen LogP) is 3.59. The first kappa shape index (κ1) is 13.1. The highest BCUT2D eigenvalue weighted by Gasteiger charge is 2.04. The van der Waals surface area contributed by atoms with Crippen LogP contribution in [0, 0.1) is 0 Å². The van der Waals surface area contributed by atoms with Crippen LogP contribution < -0.4 is 10.1 Å². The number of hydrogen-bond acceptors (Lipinski definition) is 4. The highest BCUT2D eigenvalue weighted by molar-refractivity contribution is 7.11. The van der Waals surface area contributed by atoms with Crippen molar-refractivity contribution in [3.8, 4) is 5.75 Å². The van der Waals surface area contributed by atoms with Gasteiger partial charge in [0.2, 0.25) is 0 Å². The molecule has 3 rings (SSSR count). The fourth-order valence-electron chi connectivity index (χ4n) is 2.12. The van der Waals surface area contributed by atoms with Crippen LogP contribution in [0.4, 0.5) is 0 Å². The quantitative estimate of drug-likeness (QED) is 0.777. The van der Waals surface area contributed by atoms with Crippen LogP contribution in [0.2, 0.25) is 0 Å². The average molecular weight is 284 g/mol. The van der Waals surface area contributed by atoms with Gasteiger partial charge in [0.25, 0.3) is 0 Å². The molecule has 0 aliphatic heterocycles. The molecule has 3 aromatic rings. The topological polar surface area (TPSA) is 34.1 Å². The Bertz CT molecular complexity index is 703. The van der Waals surface area contributed by atoms with E-state index in [1.807, 2.05) is 37.4 Å². The molecule has 1 N–H and O–H groups in total. The van der Waals surface area contributed by atoms with Gasteiger partial charge in [0.1, 0.15) is 12.4 Å². The van der Waals surface area contributed by atoms with Crippen LogP contribution in [0.15, 0.2) is 48.7 Å². The van der Waals surface area contributed by atoms with Gasteiger partial charge in [-0.2, -0.15) is 0 Å². The van der Waals surface area contributed by atoms with Crippen molar-refractivity contribution < 1.29 is 4.74 Å². The molecule has 2 heterocycles. The summed E-state index contributed by atoms with van der Waals surface area (Å²) in [6, 6.07) is 14.2. The summed E-state index contributed by atoms with van der Waals surface area (Å²) in [5.74, 6) is 0.888. The number of ether oxygens (including phenoxy) is 1. The summed E-state index contributed by atoms with van der Waals surface area (Å²) in [5, 5.41) is 4.21. The Balaban J connectivity index is 1.76. The van der Waals surface area contributed by atoms with Crippen molar-refractivity contribution in [2.75, 3.05) is 7.05 Å². The average Bonchev–Trinajstić information content (AvgIpc) is 2.93. The Morgan fingerprint density at radius 1 is 1.10 bits per heavy atom. The van der Waals surface area contributed by atoms with Gasteiger partial charge in [-0.1, -0.05) is 6.07 Å². The lowest BCUT2D eigenvalue weighted by molar-refractivity contribution is 0.313. The molecule has 0 saturated heterocycles. The molecule has 0 aliphatic rings. The van der Waals surface area contributed by atoms with Crippen LogP contribution >= 0.6 is 11.3 Å². The fourth-order valence-corrected chi connectivity index (χ4v) is 3.06. The van der Waals surface area contributed by atoms with E-state index in [2.05, 4.69) is 22.4 Å². The second-order valence-corrected chi connectivity index (χ2v) is 5.77. The van der Waals surface area contributed by atoms with E-state index in [0.717, 1.165) is 23.2 Å². The number of fused-ring (bicyclic) bond motifs is 1. The lowest BCUT2D eigenvalue weighted by atomic mass is 10.2. The standard InChI is InChI=1S/C16H16N2OS/c1-17-10-12-7-8-13(20-12)11-19-16-6-2-5-15-14(16)4-3-9-18-15/h2-9,17H,10-11H2,1H3. The molecule has 0 amide bonds. The molecule has 0 atom stereocenters. The summed E-state index contributed by atoms with van der Waals surface area (Å²) in [5.41, 5.74) is 0.965. The van der Waals surface area contributed by atoms with Crippen LogP contribution in [0.3, 0.4) is 0 Å². The van der Waals surface area contributed by atoms with Crippen molar-refractivity contribution >= 4 is 22.2 Å². The van der Waals surface area contributed by atoms with E-state index in [1.165, 1.54) is 9.75 Å². The molecule has 3 nitrogen and oxygen atoms in total. The van der Waals surface area contributed by atoms with Crippen molar-refractivity contribution in [3.05, 3.63) is 58.4 Å². The molecule has 0 spiro atoms. The Hall–Kier alpha value is -1.91. The summed E-state index contributed by atoms with van der Waals surface area (Å²) < 4.78 is 5.95. The zero-order chi connectivity index (χ0) is 13.8. The molecule has 0 unspecified atom stereocenters. The number of hydrogen-bond donors (Lipinski definition) is 1. The molecular formula is C16H16N2OS. The number of thiophene rings is 1. The highest BCUT2D eigenvalue weighted by Crippen LogP contribution is 2.25. The molecule has 1 aromatic carbocycles. The second-order valence-electron chi connectivity index (χ2n) is 4.51. The Kier molecular flexibility index (Phi) is 3.95. The van der Waals surface area contributed by atoms with Crippen LogP contribution in [0.5, 0.6) is 5.75 Å². The van der Waals surface area contributed by atoms with Gasteiger partial charge in [-0.25, -0.2) is 0 Å². The second kappa shape index (κ2) is 6.03. The molecule has 0 bridgehead atoms. The van der Waals surface area contributed by atoms with Crippen LogP contribution in [-0.4, -0.2) is 12.0 Å². The lowest BCUT2D eigenvalue weighted by Crippen LogP contribution is -2.02. The van der Waals surface area contributed by atoms with E-state index in [4.69, 9.17) is 4.74 Å². The van der Waals surface area contributed by atoms with Gasteiger partial charge in [0.05, 0.1) is 5.52 Å². The van der Waals surface area contributed by atoms with E-state index < -0.39 is 0 Å². The summed E-state index contributed by atoms with van der Waals surface area (Å²) in [7, 11) is 1.96. The zero-order valence-electron chi connectivity index (χ0n) is 11.3. The maximum atomic E-state index is 5.95. The van der Waals surface area contributed by atoms with Crippen LogP contribution in [0.25, 0.3) is 10.9 Å². The van der Waals surface area contributed by atoms with Crippen molar-refractivity contribution in [2.24, 2.45) is 0 Å². The third-order valence-corrected chi connectivity index (χ3v) is 4.10. The number of aromatic nitrogens is 1. The van der Waals surface area contributed by atoms with Crippen molar-refractivity contribution in [3.63, 3.8) is 0 Å². The summed E-state index contributed by atoms with van der Waals surface area (Å²) >= 11 is 1.78. The Morgan fingerprint density at radius 2 is 2.00 bits per heavy atom. The smallest absolute Gasteiger partial charge is 0.129 e. The van der Waals surface area contributed by atoms with Crippen molar-refractivity contribution in [2.45, 2.75) is 13.2 Å². The molecular weight excluding hydrogens is 268 g/mol. The van der Waals surface area contributed by atoms with Gasteiger partial charge in [-0.3, -0.25) is 4.98 Å². The first-order valence-electron chi connectivity index (χ1n) is 6.55. The Morgan fingerprint density at radius 3 is 2.90 bits per heavy atom. The van der Waals surface area contributed by atoms with Gasteiger partial charge >= 0.3 is 0 Å². The number of rotatable bonds is 5. The SMILES string of the molecule is CNCc1ccc(COc2cccc3ncccc23)s1. The van der Waals surface area contributed by atoms with E-state index in [1.54, 1.807) is 17.5 Å². The first-order chi connectivity index (χ1) is 9.86. The molecule has 2 aromatic heterocycles. The molecule has 0 saturated carbocycles. The minimum absolute atomic E-state index is 0.600. The van der Waals surface area contributed by atoms with Gasteiger partial charge in [0.15, 0.2) is 0 Å². The first-order valence-corrected chi connectivity index (χ1v) is 7.37. The maximum absolute atomic E-state index is 5.95. The number of benzene rings is 1. The molecule has 0 aliphatic carbocycles. The third kappa shape index (κ3) is 2.81. The lowest BCUT2D eigenvalue weighted by Gasteiger charge is -2.07. The summed E-state index contributed by atoms with van der Waals surface area (Å²) in [4.78, 5) is 6.90. The van der Waals surface area contributed by atoms with E-state index in [-0.39, 0.29) is 0 Å². The monoisotopic (exact) mass is 284 g/mol. The minimum Gasteiger partial charge on any atom is -0.487 e. The number of nitrogens with one attached hydrogen (secondary N) is 1. The van der Waals surface area contributed by atoms with E-state index in [9.17, 15) is 0 Å². The molecule has 20 heavy (non-hydrogen) atoms. The Labute approximate surface area is 122 Å². The largest absolute Gasteiger partial charge is 0.487 e. The van der Waals surface area contributed by atoms with Gasteiger partial charge in [-0.15, -0.1) is 11.3 Å². The van der Waals surface area contributed by atoms with Gasteiger partial charge < -0.3 is 10.1 Å². The molecule has 0 radical (unpaired) electrons. The van der Waals surface area contributed by atoms with Crippen molar-refractivity contribution in [1.29, 1.82) is 0 Å². The van der Waals surface area contributed by atoms with E-state index >= 15 is 0 Å². The highest BCUT2D eigenvalue weighted by atomic mass is 32.1. The van der Waals surface area contributed by atoms with Crippen LogP contribution in [0.1, 0.15) is 9.75 Å². The van der Waals surface area contributed by atoms with Gasteiger partial charge in [-0.05, 0) is 43.4 Å². The summed E-state index contributed by atoms with van der Waals surface area (Å²) in [6.45, 7) is 1.51. The summed E-state index contributed by atoms with van der Waals surface area (Å²) in [6.07, 6.45) is 1.80. The number of pyridine rings is 1. The molecule has 102 valence electrons. The predicted molar refractivity (Wildman–Crippen MR) is 83.2 cm³/mol. The third-order valence-electron chi connectivity index (χ3n) is 3.04. The van der Waals surface area contributed by atoms with Crippen molar-refractivity contribution in [1.82, 2.24) is 10.3 Å². The molecule has 0 fully saturated rings. The van der Waals surface area contributed by atoms with Crippen LogP contribution in [-0.2, 0) is 13.2 Å². The minimum atomic E-state index is 0.600. The number of nitrogens with zero attached hydrogens (tertiary/aromatic N) is 1. The normalized spacial score (nSPS) is 10.8. The van der Waals surface area contributed by atoms with E-state index in [0.29, 0.717) is 6.61 Å². The van der Waals surface area contributed by atoms with Gasteiger partial charge in [0, 0.05) is 27.9 Å². The zero-order valence-corrected chi connectivity index (χ0v) is 12.1. The fraction of sp³-hybridized carbons (Fsp3) is 0.188.